The number of alkyl halides is 3. The number of piperidine rings is 1. The van der Waals surface area contributed by atoms with E-state index in [1.54, 1.807) is 11.0 Å². The van der Waals surface area contributed by atoms with Gasteiger partial charge in [0.2, 0.25) is 0 Å². The Hall–Kier alpha value is -2.62. The summed E-state index contributed by atoms with van der Waals surface area (Å²) in [4.78, 5) is 30.3. The highest BCUT2D eigenvalue weighted by Gasteiger charge is 2.56. The van der Waals surface area contributed by atoms with Crippen molar-refractivity contribution in [2.45, 2.75) is 75.7 Å². The van der Waals surface area contributed by atoms with Crippen LogP contribution in [0.3, 0.4) is 0 Å². The molecule has 4 atom stereocenters. The lowest BCUT2D eigenvalue weighted by Crippen LogP contribution is -2.59. The second kappa shape index (κ2) is 11.7. The lowest BCUT2D eigenvalue weighted by Gasteiger charge is -2.48. The number of fused-ring (bicyclic) bond motifs is 1. The molecule has 232 valence electrons. The first kappa shape index (κ1) is 30.4. The number of nitrogens with zero attached hydrogens (tertiary/aromatic N) is 2. The molecule has 0 unspecified atom stereocenters. The number of benzene rings is 2. The van der Waals surface area contributed by atoms with Crippen molar-refractivity contribution in [3.8, 4) is 0 Å². The number of amides is 1. The topological polar surface area (TPSA) is 59.1 Å². The molecule has 0 bridgehead atoms. The first-order valence-corrected chi connectivity index (χ1v) is 15.6. The fourth-order valence-electron chi connectivity index (χ4n) is 7.55. The number of esters is 1. The standard InChI is InChI=1S/C33H38ClF3N2O4/c1-20-17-38(12-9-27(20)21-4-3-5-22(14-21)30(40)42-2)26-8-11-32(43-19-26,24-6-7-24)31(41)39-13-10-28-23(18-39)15-25(16-29(28)34)33(35,36)37/h3-5,14-16,20,24,26-27H,6-13,17-19H2,1-2H3/t20-,26+,27-,32-/m0/s1. The van der Waals surface area contributed by atoms with Gasteiger partial charge in [0.1, 0.15) is 5.60 Å². The molecule has 1 amide bonds. The third-order valence-corrected chi connectivity index (χ3v) is 10.4. The van der Waals surface area contributed by atoms with E-state index in [9.17, 15) is 22.8 Å². The van der Waals surface area contributed by atoms with E-state index in [0.29, 0.717) is 54.5 Å². The molecule has 0 N–H and O–H groups in total. The Kier molecular flexibility index (Phi) is 8.28. The molecule has 6 rings (SSSR count). The van der Waals surface area contributed by atoms with Crippen molar-refractivity contribution in [2.75, 3.05) is 33.4 Å². The molecule has 1 saturated carbocycles. The molecular formula is C33H38ClF3N2O4. The molecule has 2 saturated heterocycles. The number of ether oxygens (including phenoxy) is 2. The maximum absolute atomic E-state index is 14.1. The Bertz CT molecular complexity index is 1390. The highest BCUT2D eigenvalue weighted by atomic mass is 35.5. The van der Waals surface area contributed by atoms with Crippen LogP contribution in [-0.2, 0) is 33.4 Å². The zero-order chi connectivity index (χ0) is 30.5. The lowest BCUT2D eigenvalue weighted by molar-refractivity contribution is -0.177. The van der Waals surface area contributed by atoms with E-state index in [-0.39, 0.29) is 35.4 Å². The average Bonchev–Trinajstić information content (AvgIpc) is 3.86. The van der Waals surface area contributed by atoms with Gasteiger partial charge in [-0.3, -0.25) is 9.69 Å². The number of halogens is 4. The Balaban J connectivity index is 1.11. The third kappa shape index (κ3) is 5.92. The molecule has 2 aromatic carbocycles. The summed E-state index contributed by atoms with van der Waals surface area (Å²) in [5.41, 5.74) is 1.19. The summed E-state index contributed by atoms with van der Waals surface area (Å²) in [6.45, 7) is 5.04. The number of likely N-dealkylation sites (tertiary alicyclic amines) is 1. The molecule has 4 aliphatic rings. The number of carbonyl (C=O) groups excluding carboxylic acids is 2. The quantitative estimate of drug-likeness (QED) is 0.359. The van der Waals surface area contributed by atoms with E-state index in [1.807, 2.05) is 12.1 Å². The van der Waals surface area contributed by atoms with Crippen molar-refractivity contribution < 1.29 is 32.2 Å². The summed E-state index contributed by atoms with van der Waals surface area (Å²) in [5.74, 6) is 0.444. The summed E-state index contributed by atoms with van der Waals surface area (Å²) in [7, 11) is 1.39. The summed E-state index contributed by atoms with van der Waals surface area (Å²) in [5, 5.41) is 0.111. The molecule has 3 fully saturated rings. The van der Waals surface area contributed by atoms with Gasteiger partial charge in [0.15, 0.2) is 0 Å². The third-order valence-electron chi connectivity index (χ3n) is 10.1. The Labute approximate surface area is 255 Å². The van der Waals surface area contributed by atoms with Crippen molar-refractivity contribution >= 4 is 23.5 Å². The number of methoxy groups -OCH3 is 1. The molecule has 43 heavy (non-hydrogen) atoms. The highest BCUT2D eigenvalue weighted by molar-refractivity contribution is 6.31. The van der Waals surface area contributed by atoms with Gasteiger partial charge in [-0.25, -0.2) is 4.79 Å². The van der Waals surface area contributed by atoms with Crippen LogP contribution in [0.1, 0.15) is 77.6 Å². The molecule has 1 aliphatic carbocycles. The second-order valence-corrected chi connectivity index (χ2v) is 13.1. The van der Waals surface area contributed by atoms with Gasteiger partial charge in [0.25, 0.3) is 5.91 Å². The Morgan fingerprint density at radius 3 is 2.53 bits per heavy atom. The van der Waals surface area contributed by atoms with Crippen molar-refractivity contribution in [1.82, 2.24) is 9.80 Å². The summed E-state index contributed by atoms with van der Waals surface area (Å²) in [6, 6.07) is 10.0. The highest BCUT2D eigenvalue weighted by Crippen LogP contribution is 2.49. The van der Waals surface area contributed by atoms with E-state index in [1.165, 1.54) is 7.11 Å². The maximum Gasteiger partial charge on any atom is 0.416 e. The molecule has 0 spiro atoms. The molecular weight excluding hydrogens is 581 g/mol. The average molecular weight is 619 g/mol. The number of hydrogen-bond donors (Lipinski definition) is 0. The van der Waals surface area contributed by atoms with Crippen LogP contribution in [0, 0.1) is 11.8 Å². The van der Waals surface area contributed by atoms with Crippen LogP contribution in [0.5, 0.6) is 0 Å². The predicted molar refractivity (Wildman–Crippen MR) is 156 cm³/mol. The van der Waals surface area contributed by atoms with Gasteiger partial charge in [0.05, 0.1) is 24.8 Å². The first-order valence-electron chi connectivity index (χ1n) is 15.2. The molecule has 3 heterocycles. The number of carbonyl (C=O) groups is 2. The summed E-state index contributed by atoms with van der Waals surface area (Å²) >= 11 is 6.24. The van der Waals surface area contributed by atoms with Crippen LogP contribution in [-0.4, -0.2) is 66.7 Å². The summed E-state index contributed by atoms with van der Waals surface area (Å²) in [6.07, 6.45) is 0.202. The maximum atomic E-state index is 14.1. The van der Waals surface area contributed by atoms with E-state index >= 15 is 0 Å². The predicted octanol–water partition coefficient (Wildman–Crippen LogP) is 6.48. The first-order chi connectivity index (χ1) is 20.5. The fraction of sp³-hybridized carbons (Fsp3) is 0.576. The minimum absolute atomic E-state index is 0.0924. The molecule has 2 aromatic rings. The van der Waals surface area contributed by atoms with E-state index < -0.39 is 17.3 Å². The number of rotatable bonds is 5. The van der Waals surface area contributed by atoms with E-state index in [0.717, 1.165) is 56.5 Å². The van der Waals surface area contributed by atoms with Crippen LogP contribution >= 0.6 is 11.6 Å². The molecule has 6 nitrogen and oxygen atoms in total. The zero-order valence-corrected chi connectivity index (χ0v) is 25.3. The number of hydrogen-bond acceptors (Lipinski definition) is 5. The van der Waals surface area contributed by atoms with Gasteiger partial charge in [-0.2, -0.15) is 13.2 Å². The van der Waals surface area contributed by atoms with Crippen LogP contribution < -0.4 is 0 Å². The Morgan fingerprint density at radius 1 is 1.09 bits per heavy atom. The lowest BCUT2D eigenvalue weighted by atomic mass is 9.79. The summed E-state index contributed by atoms with van der Waals surface area (Å²) < 4.78 is 51.8. The van der Waals surface area contributed by atoms with Gasteiger partial charge in [-0.15, -0.1) is 0 Å². The van der Waals surface area contributed by atoms with Crippen molar-refractivity contribution in [3.63, 3.8) is 0 Å². The SMILES string of the molecule is COC(=O)c1cccc([C@H]2CCN([C@@H]3CC[C@@](C(=O)N4CCc5c(Cl)cc(C(F)(F)F)cc5C4)(C4CC4)OC3)C[C@@H]2C)c1. The molecule has 0 radical (unpaired) electrons. The molecule has 10 heteroatoms. The van der Waals surface area contributed by atoms with Crippen LogP contribution in [0.2, 0.25) is 5.02 Å². The Morgan fingerprint density at radius 2 is 1.88 bits per heavy atom. The zero-order valence-electron chi connectivity index (χ0n) is 24.6. The van der Waals surface area contributed by atoms with E-state index in [4.69, 9.17) is 21.1 Å². The van der Waals surface area contributed by atoms with Gasteiger partial charge in [-0.1, -0.05) is 30.7 Å². The van der Waals surface area contributed by atoms with E-state index in [2.05, 4.69) is 17.9 Å². The van der Waals surface area contributed by atoms with Crippen molar-refractivity contribution in [1.29, 1.82) is 0 Å². The minimum atomic E-state index is -4.50. The van der Waals surface area contributed by atoms with Gasteiger partial charge in [0, 0.05) is 30.7 Å². The normalized spacial score (nSPS) is 28.3. The largest absolute Gasteiger partial charge is 0.465 e. The molecule has 0 aromatic heterocycles. The van der Waals surface area contributed by atoms with Gasteiger partial charge < -0.3 is 14.4 Å². The monoisotopic (exact) mass is 618 g/mol. The molecule has 3 aliphatic heterocycles. The van der Waals surface area contributed by atoms with Crippen LogP contribution in [0.4, 0.5) is 13.2 Å². The van der Waals surface area contributed by atoms with Gasteiger partial charge in [-0.05, 0) is 104 Å². The fourth-order valence-corrected chi connectivity index (χ4v) is 7.89. The van der Waals surface area contributed by atoms with Gasteiger partial charge >= 0.3 is 12.1 Å². The van der Waals surface area contributed by atoms with Crippen molar-refractivity contribution in [3.05, 3.63) is 69.2 Å². The van der Waals surface area contributed by atoms with Crippen molar-refractivity contribution in [2.24, 2.45) is 11.8 Å². The minimum Gasteiger partial charge on any atom is -0.465 e. The smallest absolute Gasteiger partial charge is 0.416 e. The second-order valence-electron chi connectivity index (χ2n) is 12.7. The van der Waals surface area contributed by atoms with Crippen LogP contribution in [0.15, 0.2) is 36.4 Å². The van der Waals surface area contributed by atoms with Crippen LogP contribution in [0.25, 0.3) is 0 Å².